The van der Waals surface area contributed by atoms with Gasteiger partial charge in [-0.25, -0.2) is 9.97 Å². The van der Waals surface area contributed by atoms with Crippen molar-refractivity contribution in [3.63, 3.8) is 0 Å². The van der Waals surface area contributed by atoms with Crippen LogP contribution in [-0.2, 0) is 6.54 Å². The molecule has 28 heavy (non-hydrogen) atoms. The van der Waals surface area contributed by atoms with E-state index in [1.807, 2.05) is 19.1 Å². The minimum Gasteiger partial charge on any atom is -0.369 e. The number of likely N-dealkylation sites (N-methyl/N-ethyl adjacent to an activating group) is 1. The molecule has 3 aromatic rings. The maximum atomic E-state index is 4.73. The number of nitrogens with zero attached hydrogens (tertiary/aromatic N) is 4. The second kappa shape index (κ2) is 8.40. The third-order valence-electron chi connectivity index (χ3n) is 5.16. The number of aryl methyl sites for hydroxylation is 1. The SMILES string of the molecule is Cc1cc(NCc2ccccc2)nc(-c2ccc(N3CCN(C)CC3)cc2)n1. The largest absolute Gasteiger partial charge is 0.369 e. The van der Waals surface area contributed by atoms with Crippen LogP contribution in [0.4, 0.5) is 11.5 Å². The summed E-state index contributed by atoms with van der Waals surface area (Å²) < 4.78 is 0. The summed E-state index contributed by atoms with van der Waals surface area (Å²) in [6, 6.07) is 21.0. The van der Waals surface area contributed by atoms with Gasteiger partial charge in [-0.3, -0.25) is 0 Å². The summed E-state index contributed by atoms with van der Waals surface area (Å²) in [6.07, 6.45) is 0. The topological polar surface area (TPSA) is 44.3 Å². The zero-order valence-electron chi connectivity index (χ0n) is 16.6. The summed E-state index contributed by atoms with van der Waals surface area (Å²) in [5.41, 5.74) is 4.51. The van der Waals surface area contributed by atoms with E-state index in [-0.39, 0.29) is 0 Å². The summed E-state index contributed by atoms with van der Waals surface area (Å²) >= 11 is 0. The standard InChI is InChI=1S/C23H27N5/c1-18-16-22(24-17-19-6-4-3-5-7-19)26-23(25-18)20-8-10-21(11-9-20)28-14-12-27(2)13-15-28/h3-11,16H,12-15,17H2,1-2H3,(H,24,25,26). The number of hydrogen-bond donors (Lipinski definition) is 1. The predicted octanol–water partition coefficient (Wildman–Crippen LogP) is 3.82. The van der Waals surface area contributed by atoms with Crippen LogP contribution in [0.2, 0.25) is 0 Å². The molecule has 5 heteroatoms. The van der Waals surface area contributed by atoms with E-state index >= 15 is 0 Å². The van der Waals surface area contributed by atoms with Gasteiger partial charge in [0, 0.05) is 55.7 Å². The average molecular weight is 374 g/mol. The summed E-state index contributed by atoms with van der Waals surface area (Å²) in [4.78, 5) is 14.2. The summed E-state index contributed by atoms with van der Waals surface area (Å²) in [5.74, 6) is 1.62. The molecule has 4 rings (SSSR count). The molecule has 0 bridgehead atoms. The molecular formula is C23H27N5. The van der Waals surface area contributed by atoms with Crippen molar-refractivity contribution in [3.05, 3.63) is 71.9 Å². The first-order chi connectivity index (χ1) is 13.7. The van der Waals surface area contributed by atoms with Crippen LogP contribution in [0.1, 0.15) is 11.3 Å². The Labute approximate surface area is 167 Å². The maximum Gasteiger partial charge on any atom is 0.161 e. The number of benzene rings is 2. The lowest BCUT2D eigenvalue weighted by Gasteiger charge is -2.34. The van der Waals surface area contributed by atoms with E-state index < -0.39 is 0 Å². The van der Waals surface area contributed by atoms with Crippen LogP contribution in [0.5, 0.6) is 0 Å². The average Bonchev–Trinajstić information content (AvgIpc) is 2.73. The number of aromatic nitrogens is 2. The minimum atomic E-state index is 0.749. The van der Waals surface area contributed by atoms with E-state index in [4.69, 9.17) is 4.98 Å². The Bertz CT molecular complexity index is 900. The van der Waals surface area contributed by atoms with Crippen LogP contribution in [0.25, 0.3) is 11.4 Å². The second-order valence-corrected chi connectivity index (χ2v) is 7.39. The first-order valence-electron chi connectivity index (χ1n) is 9.85. The third kappa shape index (κ3) is 4.49. The number of nitrogens with one attached hydrogen (secondary N) is 1. The normalized spacial score (nSPS) is 14.9. The van der Waals surface area contributed by atoms with Gasteiger partial charge >= 0.3 is 0 Å². The van der Waals surface area contributed by atoms with Gasteiger partial charge in [0.05, 0.1) is 0 Å². The molecule has 0 amide bonds. The fourth-order valence-electron chi connectivity index (χ4n) is 3.46. The molecule has 1 fully saturated rings. The van der Waals surface area contributed by atoms with Crippen LogP contribution >= 0.6 is 0 Å². The van der Waals surface area contributed by atoms with Crippen molar-refractivity contribution in [2.75, 3.05) is 43.4 Å². The molecule has 2 aromatic carbocycles. The van der Waals surface area contributed by atoms with E-state index in [2.05, 4.69) is 75.7 Å². The minimum absolute atomic E-state index is 0.749. The third-order valence-corrected chi connectivity index (χ3v) is 5.16. The quantitative estimate of drug-likeness (QED) is 0.737. The van der Waals surface area contributed by atoms with Gasteiger partial charge in [0.15, 0.2) is 5.82 Å². The summed E-state index contributed by atoms with van der Waals surface area (Å²) in [7, 11) is 2.18. The number of piperazine rings is 1. The summed E-state index contributed by atoms with van der Waals surface area (Å²) in [5, 5.41) is 3.42. The van der Waals surface area contributed by atoms with Gasteiger partial charge < -0.3 is 15.1 Å². The van der Waals surface area contributed by atoms with Crippen molar-refractivity contribution in [1.29, 1.82) is 0 Å². The molecule has 1 saturated heterocycles. The number of hydrogen-bond acceptors (Lipinski definition) is 5. The smallest absolute Gasteiger partial charge is 0.161 e. The lowest BCUT2D eigenvalue weighted by molar-refractivity contribution is 0.313. The molecule has 0 atom stereocenters. The Morgan fingerprint density at radius 3 is 2.32 bits per heavy atom. The monoisotopic (exact) mass is 373 g/mol. The van der Waals surface area contributed by atoms with Crippen LogP contribution in [0.3, 0.4) is 0 Å². The molecule has 0 aliphatic carbocycles. The lowest BCUT2D eigenvalue weighted by Crippen LogP contribution is -2.44. The molecule has 1 aliphatic rings. The number of rotatable bonds is 5. The Morgan fingerprint density at radius 2 is 1.61 bits per heavy atom. The van der Waals surface area contributed by atoms with E-state index in [0.717, 1.165) is 55.6 Å². The molecule has 0 radical (unpaired) electrons. The van der Waals surface area contributed by atoms with Crippen LogP contribution in [0.15, 0.2) is 60.7 Å². The van der Waals surface area contributed by atoms with Crippen molar-refractivity contribution >= 4 is 11.5 Å². The molecule has 0 spiro atoms. The summed E-state index contributed by atoms with van der Waals surface area (Å²) in [6.45, 7) is 7.13. The molecule has 1 aromatic heterocycles. The fourth-order valence-corrected chi connectivity index (χ4v) is 3.46. The van der Waals surface area contributed by atoms with E-state index in [9.17, 15) is 0 Å². The molecule has 0 saturated carbocycles. The van der Waals surface area contributed by atoms with E-state index in [0.29, 0.717) is 0 Å². The number of anilines is 2. The highest BCUT2D eigenvalue weighted by Crippen LogP contribution is 2.23. The predicted molar refractivity (Wildman–Crippen MR) is 116 cm³/mol. The Kier molecular flexibility index (Phi) is 5.53. The zero-order valence-corrected chi connectivity index (χ0v) is 16.6. The first-order valence-corrected chi connectivity index (χ1v) is 9.85. The van der Waals surface area contributed by atoms with Crippen LogP contribution in [0, 0.1) is 6.92 Å². The zero-order chi connectivity index (χ0) is 19.3. The van der Waals surface area contributed by atoms with Crippen molar-refractivity contribution in [2.24, 2.45) is 0 Å². The fraction of sp³-hybridized carbons (Fsp3) is 0.304. The van der Waals surface area contributed by atoms with Crippen molar-refractivity contribution in [1.82, 2.24) is 14.9 Å². The highest BCUT2D eigenvalue weighted by molar-refractivity contribution is 5.62. The lowest BCUT2D eigenvalue weighted by atomic mass is 10.1. The van der Waals surface area contributed by atoms with E-state index in [1.54, 1.807) is 0 Å². The molecule has 1 aliphatic heterocycles. The van der Waals surface area contributed by atoms with Crippen LogP contribution in [-0.4, -0.2) is 48.1 Å². The van der Waals surface area contributed by atoms with Gasteiger partial charge in [-0.05, 0) is 43.8 Å². The molecular weight excluding hydrogens is 346 g/mol. The molecule has 5 nitrogen and oxygen atoms in total. The highest BCUT2D eigenvalue weighted by atomic mass is 15.2. The Morgan fingerprint density at radius 1 is 0.893 bits per heavy atom. The van der Waals surface area contributed by atoms with Gasteiger partial charge in [0.25, 0.3) is 0 Å². The highest BCUT2D eigenvalue weighted by Gasteiger charge is 2.14. The second-order valence-electron chi connectivity index (χ2n) is 7.39. The van der Waals surface area contributed by atoms with Gasteiger partial charge in [0.2, 0.25) is 0 Å². The molecule has 2 heterocycles. The van der Waals surface area contributed by atoms with Gasteiger partial charge in [-0.2, -0.15) is 0 Å². The first kappa shape index (κ1) is 18.4. The van der Waals surface area contributed by atoms with Crippen molar-refractivity contribution in [3.8, 4) is 11.4 Å². The van der Waals surface area contributed by atoms with Crippen molar-refractivity contribution < 1.29 is 0 Å². The van der Waals surface area contributed by atoms with Crippen molar-refractivity contribution in [2.45, 2.75) is 13.5 Å². The Hall–Kier alpha value is -2.92. The Balaban J connectivity index is 1.48. The maximum absolute atomic E-state index is 4.73. The van der Waals surface area contributed by atoms with Gasteiger partial charge in [0.1, 0.15) is 5.82 Å². The molecule has 1 N–H and O–H groups in total. The molecule has 0 unspecified atom stereocenters. The van der Waals surface area contributed by atoms with E-state index in [1.165, 1.54) is 11.3 Å². The van der Waals surface area contributed by atoms with Crippen LogP contribution < -0.4 is 10.2 Å². The molecule has 144 valence electrons. The van der Waals surface area contributed by atoms with Gasteiger partial charge in [-0.1, -0.05) is 30.3 Å². The van der Waals surface area contributed by atoms with Gasteiger partial charge in [-0.15, -0.1) is 0 Å².